The van der Waals surface area contributed by atoms with Crippen molar-refractivity contribution in [3.8, 4) is 5.69 Å². The largest absolute Gasteiger partial charge is 0.462 e. The molecule has 0 unspecified atom stereocenters. The highest BCUT2D eigenvalue weighted by atomic mass is 19.4. The number of hydrogen-bond acceptors (Lipinski definition) is 4. The van der Waals surface area contributed by atoms with E-state index in [1.54, 1.807) is 24.4 Å². The van der Waals surface area contributed by atoms with Crippen LogP contribution in [-0.2, 0) is 10.9 Å². The molecule has 0 saturated carbocycles. The Morgan fingerprint density at radius 3 is 2.72 bits per heavy atom. The maximum atomic E-state index is 13.6. The van der Waals surface area contributed by atoms with Gasteiger partial charge in [0.05, 0.1) is 24.0 Å². The topological polar surface area (TPSA) is 57.0 Å². The Bertz CT molecular complexity index is 948. The molecule has 8 heteroatoms. The van der Waals surface area contributed by atoms with E-state index >= 15 is 0 Å². The Labute approximate surface area is 141 Å². The zero-order valence-electron chi connectivity index (χ0n) is 13.5. The predicted octanol–water partition coefficient (Wildman–Crippen LogP) is 3.92. The maximum absolute atomic E-state index is 13.6. The van der Waals surface area contributed by atoms with Gasteiger partial charge in [0.2, 0.25) is 0 Å². The summed E-state index contributed by atoms with van der Waals surface area (Å²) in [5.74, 6) is -1.06. The minimum Gasteiger partial charge on any atom is -0.462 e. The minimum atomic E-state index is -4.78. The zero-order valence-corrected chi connectivity index (χ0v) is 13.5. The first-order valence-electron chi connectivity index (χ1n) is 7.51. The summed E-state index contributed by atoms with van der Waals surface area (Å²) in [7, 11) is 0. The van der Waals surface area contributed by atoms with Crippen LogP contribution in [0.2, 0.25) is 0 Å². The molecule has 0 aliphatic carbocycles. The lowest BCUT2D eigenvalue weighted by Gasteiger charge is -2.14. The number of pyridine rings is 1. The van der Waals surface area contributed by atoms with Crippen molar-refractivity contribution in [1.82, 2.24) is 14.8 Å². The van der Waals surface area contributed by atoms with Gasteiger partial charge >= 0.3 is 12.1 Å². The summed E-state index contributed by atoms with van der Waals surface area (Å²) < 4.78 is 46.3. The van der Waals surface area contributed by atoms with Gasteiger partial charge in [-0.1, -0.05) is 6.07 Å². The molecular weight excluding hydrogens is 335 g/mol. The molecule has 0 aliphatic heterocycles. The molecule has 2 heterocycles. The first-order valence-corrected chi connectivity index (χ1v) is 7.51. The van der Waals surface area contributed by atoms with E-state index in [4.69, 9.17) is 4.74 Å². The van der Waals surface area contributed by atoms with E-state index in [2.05, 4.69) is 10.1 Å². The Kier molecular flexibility index (Phi) is 4.20. The quantitative estimate of drug-likeness (QED) is 0.673. The first kappa shape index (κ1) is 16.9. The van der Waals surface area contributed by atoms with Crippen LogP contribution in [0.15, 0.2) is 36.7 Å². The van der Waals surface area contributed by atoms with Crippen LogP contribution in [0.1, 0.15) is 28.5 Å². The van der Waals surface area contributed by atoms with Crippen LogP contribution < -0.4 is 0 Å². The number of esters is 1. The highest BCUT2D eigenvalue weighted by molar-refractivity contribution is 5.92. The van der Waals surface area contributed by atoms with Crippen molar-refractivity contribution < 1.29 is 22.7 Å². The fourth-order valence-electron chi connectivity index (χ4n) is 2.65. The molecule has 0 aliphatic rings. The summed E-state index contributed by atoms with van der Waals surface area (Å²) in [6, 6.07) is 6.48. The number of aryl methyl sites for hydroxylation is 1. The van der Waals surface area contributed by atoms with Crippen LogP contribution >= 0.6 is 0 Å². The second-order valence-electron chi connectivity index (χ2n) is 5.34. The second-order valence-corrected chi connectivity index (χ2v) is 5.34. The number of nitrogens with zero attached hydrogens (tertiary/aromatic N) is 3. The standard InChI is InChI=1S/C17H14F3N3O2/c1-3-25-16(24)12-9-22-23(15(12)17(18,19)20)13-7-6-10(2)14-11(13)5-4-8-21-14/h4-9H,3H2,1-2H3. The molecular formula is C17H14F3N3O2. The van der Waals surface area contributed by atoms with Crippen LogP contribution in [-0.4, -0.2) is 27.3 Å². The molecule has 0 N–H and O–H groups in total. The van der Waals surface area contributed by atoms with E-state index in [1.807, 2.05) is 6.92 Å². The Balaban J connectivity index is 2.29. The number of aromatic nitrogens is 3. The lowest BCUT2D eigenvalue weighted by atomic mass is 10.1. The zero-order chi connectivity index (χ0) is 18.2. The van der Waals surface area contributed by atoms with Crippen LogP contribution in [0.4, 0.5) is 13.2 Å². The van der Waals surface area contributed by atoms with E-state index in [1.165, 1.54) is 13.0 Å². The van der Waals surface area contributed by atoms with Crippen LogP contribution in [0, 0.1) is 6.92 Å². The van der Waals surface area contributed by atoms with Crippen molar-refractivity contribution in [3.63, 3.8) is 0 Å². The molecule has 0 fully saturated rings. The van der Waals surface area contributed by atoms with Gasteiger partial charge < -0.3 is 4.74 Å². The van der Waals surface area contributed by atoms with E-state index in [9.17, 15) is 18.0 Å². The van der Waals surface area contributed by atoms with Crippen LogP contribution in [0.25, 0.3) is 16.6 Å². The number of fused-ring (bicyclic) bond motifs is 1. The maximum Gasteiger partial charge on any atom is 0.434 e. The van der Waals surface area contributed by atoms with Crippen molar-refractivity contribution >= 4 is 16.9 Å². The first-order chi connectivity index (χ1) is 11.8. The number of alkyl halides is 3. The number of carbonyl (C=O) groups excluding carboxylic acids is 1. The van der Waals surface area contributed by atoms with Crippen molar-refractivity contribution in [2.75, 3.05) is 6.61 Å². The molecule has 0 radical (unpaired) electrons. The van der Waals surface area contributed by atoms with Crippen molar-refractivity contribution in [1.29, 1.82) is 0 Å². The third-order valence-electron chi connectivity index (χ3n) is 3.71. The predicted molar refractivity (Wildman–Crippen MR) is 84.6 cm³/mol. The highest BCUT2D eigenvalue weighted by Crippen LogP contribution is 2.35. The van der Waals surface area contributed by atoms with Gasteiger partial charge in [0.15, 0.2) is 5.69 Å². The van der Waals surface area contributed by atoms with Gasteiger partial charge in [0, 0.05) is 11.6 Å². The summed E-state index contributed by atoms with van der Waals surface area (Å²) in [5, 5.41) is 4.31. The van der Waals surface area contributed by atoms with Crippen molar-refractivity contribution in [2.24, 2.45) is 0 Å². The smallest absolute Gasteiger partial charge is 0.434 e. The Morgan fingerprint density at radius 2 is 2.04 bits per heavy atom. The van der Waals surface area contributed by atoms with Crippen LogP contribution in [0.3, 0.4) is 0 Å². The minimum absolute atomic E-state index is 0.0291. The summed E-state index contributed by atoms with van der Waals surface area (Å²) in [4.78, 5) is 16.1. The molecule has 0 spiro atoms. The van der Waals surface area contributed by atoms with Crippen LogP contribution in [0.5, 0.6) is 0 Å². The van der Waals surface area contributed by atoms with Crippen molar-refractivity contribution in [3.05, 3.63) is 53.5 Å². The summed E-state index contributed by atoms with van der Waals surface area (Å²) in [5.41, 5.74) is -0.199. The SMILES string of the molecule is CCOC(=O)c1cnn(-c2ccc(C)c3ncccc23)c1C(F)(F)F. The molecule has 25 heavy (non-hydrogen) atoms. The third-order valence-corrected chi connectivity index (χ3v) is 3.71. The Morgan fingerprint density at radius 1 is 1.28 bits per heavy atom. The average Bonchev–Trinajstić information content (AvgIpc) is 3.01. The van der Waals surface area contributed by atoms with E-state index in [-0.39, 0.29) is 12.3 Å². The number of hydrogen-bond donors (Lipinski definition) is 0. The molecule has 0 atom stereocenters. The van der Waals surface area contributed by atoms with Gasteiger partial charge in [-0.2, -0.15) is 18.3 Å². The number of ether oxygens (including phenoxy) is 1. The van der Waals surface area contributed by atoms with Gasteiger partial charge in [0.25, 0.3) is 0 Å². The lowest BCUT2D eigenvalue weighted by molar-refractivity contribution is -0.143. The molecule has 0 saturated heterocycles. The fraction of sp³-hybridized carbons (Fsp3) is 0.235. The molecule has 0 bridgehead atoms. The molecule has 2 aromatic heterocycles. The molecule has 5 nitrogen and oxygen atoms in total. The number of carbonyl (C=O) groups is 1. The number of rotatable bonds is 3. The molecule has 1 aromatic carbocycles. The second kappa shape index (κ2) is 6.19. The highest BCUT2D eigenvalue weighted by Gasteiger charge is 2.41. The fourth-order valence-corrected chi connectivity index (χ4v) is 2.65. The van der Waals surface area contributed by atoms with Crippen molar-refractivity contribution in [2.45, 2.75) is 20.0 Å². The molecule has 3 aromatic rings. The van der Waals surface area contributed by atoms with E-state index in [0.29, 0.717) is 10.9 Å². The molecule has 3 rings (SSSR count). The number of benzene rings is 1. The van der Waals surface area contributed by atoms with Gasteiger partial charge in [-0.3, -0.25) is 4.98 Å². The summed E-state index contributed by atoms with van der Waals surface area (Å²) >= 11 is 0. The number of halogens is 3. The molecule has 0 amide bonds. The monoisotopic (exact) mass is 349 g/mol. The van der Waals surface area contributed by atoms with Gasteiger partial charge in [-0.05, 0) is 37.6 Å². The van der Waals surface area contributed by atoms with Gasteiger partial charge in [-0.25, -0.2) is 9.48 Å². The molecule has 130 valence electrons. The van der Waals surface area contributed by atoms with Gasteiger partial charge in [-0.15, -0.1) is 0 Å². The van der Waals surface area contributed by atoms with E-state index < -0.39 is 23.4 Å². The average molecular weight is 349 g/mol. The third kappa shape index (κ3) is 2.95. The summed E-state index contributed by atoms with van der Waals surface area (Å²) in [6.07, 6.45) is -2.34. The summed E-state index contributed by atoms with van der Waals surface area (Å²) in [6.45, 7) is 3.31. The van der Waals surface area contributed by atoms with Gasteiger partial charge in [0.1, 0.15) is 5.56 Å². The lowest BCUT2D eigenvalue weighted by Crippen LogP contribution is -2.18. The Hall–Kier alpha value is -2.90. The normalized spacial score (nSPS) is 11.7. The van der Waals surface area contributed by atoms with E-state index in [0.717, 1.165) is 16.4 Å².